The van der Waals surface area contributed by atoms with Gasteiger partial charge in [-0.15, -0.1) is 24.0 Å². The number of methoxy groups -OCH3 is 1. The lowest BCUT2D eigenvalue weighted by atomic mass is 10.1. The Bertz CT molecular complexity index is 652. The molecule has 2 aromatic rings. The maximum absolute atomic E-state index is 13.6. The number of aliphatic imine (C=N–C) groups is 1. The SMILES string of the molecule is CN=C(NCCc1ccccc1F)NCC(OC)c1ccccc1.I. The van der Waals surface area contributed by atoms with Crippen molar-refractivity contribution in [1.29, 1.82) is 0 Å². The summed E-state index contributed by atoms with van der Waals surface area (Å²) in [6, 6.07) is 16.8. The molecule has 2 N–H and O–H groups in total. The van der Waals surface area contributed by atoms with Crippen molar-refractivity contribution < 1.29 is 9.13 Å². The molecular weight excluding hydrogens is 432 g/mol. The van der Waals surface area contributed by atoms with E-state index in [2.05, 4.69) is 15.6 Å². The zero-order valence-electron chi connectivity index (χ0n) is 14.5. The van der Waals surface area contributed by atoms with Crippen LogP contribution in [0.1, 0.15) is 17.2 Å². The Morgan fingerprint density at radius 2 is 1.76 bits per heavy atom. The van der Waals surface area contributed by atoms with Crippen molar-refractivity contribution in [2.45, 2.75) is 12.5 Å². The van der Waals surface area contributed by atoms with Gasteiger partial charge in [-0.1, -0.05) is 48.5 Å². The van der Waals surface area contributed by atoms with Gasteiger partial charge in [-0.3, -0.25) is 4.99 Å². The maximum Gasteiger partial charge on any atom is 0.191 e. The highest BCUT2D eigenvalue weighted by Gasteiger charge is 2.10. The fourth-order valence-corrected chi connectivity index (χ4v) is 2.43. The van der Waals surface area contributed by atoms with E-state index in [4.69, 9.17) is 4.74 Å². The minimum absolute atomic E-state index is 0. The summed E-state index contributed by atoms with van der Waals surface area (Å²) >= 11 is 0. The molecule has 0 saturated heterocycles. The Labute approximate surface area is 165 Å². The van der Waals surface area contributed by atoms with Crippen LogP contribution < -0.4 is 10.6 Å². The molecule has 2 aromatic carbocycles. The van der Waals surface area contributed by atoms with Gasteiger partial charge in [-0.25, -0.2) is 4.39 Å². The Morgan fingerprint density at radius 3 is 2.40 bits per heavy atom. The van der Waals surface area contributed by atoms with Crippen molar-refractivity contribution in [2.75, 3.05) is 27.2 Å². The molecule has 0 aliphatic rings. The number of guanidine groups is 1. The van der Waals surface area contributed by atoms with E-state index in [1.54, 1.807) is 26.3 Å². The van der Waals surface area contributed by atoms with E-state index in [0.29, 0.717) is 31.0 Å². The second kappa shape index (κ2) is 11.8. The molecule has 0 aliphatic heterocycles. The number of ether oxygens (including phenoxy) is 1. The van der Waals surface area contributed by atoms with Crippen LogP contribution in [0, 0.1) is 5.82 Å². The van der Waals surface area contributed by atoms with Crippen LogP contribution in [0.5, 0.6) is 0 Å². The molecule has 0 radical (unpaired) electrons. The van der Waals surface area contributed by atoms with Crippen molar-refractivity contribution >= 4 is 29.9 Å². The molecule has 0 aromatic heterocycles. The van der Waals surface area contributed by atoms with Crippen LogP contribution in [0.4, 0.5) is 4.39 Å². The highest BCUT2D eigenvalue weighted by molar-refractivity contribution is 14.0. The predicted octanol–water partition coefficient (Wildman–Crippen LogP) is 3.54. The first-order chi connectivity index (χ1) is 11.7. The van der Waals surface area contributed by atoms with Gasteiger partial charge in [0.15, 0.2) is 5.96 Å². The predicted molar refractivity (Wildman–Crippen MR) is 111 cm³/mol. The van der Waals surface area contributed by atoms with E-state index in [9.17, 15) is 4.39 Å². The molecule has 0 heterocycles. The standard InChI is InChI=1S/C19H24FN3O.HI/c1-21-19(22-13-12-15-8-6-7-11-17(15)20)23-14-18(24-2)16-9-4-3-5-10-16;/h3-11,18H,12-14H2,1-2H3,(H2,21,22,23);1H. The molecule has 1 atom stereocenters. The van der Waals surface area contributed by atoms with E-state index in [1.165, 1.54) is 6.07 Å². The number of hydrogen-bond donors (Lipinski definition) is 2. The third-order valence-electron chi connectivity index (χ3n) is 3.78. The second-order valence-electron chi connectivity index (χ2n) is 5.36. The highest BCUT2D eigenvalue weighted by Crippen LogP contribution is 2.14. The average Bonchev–Trinajstić information content (AvgIpc) is 2.63. The minimum Gasteiger partial charge on any atom is -0.375 e. The number of benzene rings is 2. The van der Waals surface area contributed by atoms with Crippen LogP contribution in [0.15, 0.2) is 59.6 Å². The van der Waals surface area contributed by atoms with Gasteiger partial charge < -0.3 is 15.4 Å². The van der Waals surface area contributed by atoms with E-state index >= 15 is 0 Å². The number of rotatable bonds is 7. The molecule has 2 rings (SSSR count). The first-order valence-electron chi connectivity index (χ1n) is 8.00. The van der Waals surface area contributed by atoms with Crippen molar-refractivity contribution in [2.24, 2.45) is 4.99 Å². The van der Waals surface area contributed by atoms with Crippen LogP contribution in [0.25, 0.3) is 0 Å². The van der Waals surface area contributed by atoms with Gasteiger partial charge in [-0.2, -0.15) is 0 Å². The van der Waals surface area contributed by atoms with Crippen molar-refractivity contribution in [1.82, 2.24) is 10.6 Å². The van der Waals surface area contributed by atoms with Gasteiger partial charge in [0.25, 0.3) is 0 Å². The van der Waals surface area contributed by atoms with Crippen molar-refractivity contribution in [3.8, 4) is 0 Å². The van der Waals surface area contributed by atoms with Crippen LogP contribution in [-0.4, -0.2) is 33.2 Å². The van der Waals surface area contributed by atoms with E-state index in [1.807, 2.05) is 36.4 Å². The first-order valence-corrected chi connectivity index (χ1v) is 8.00. The summed E-state index contributed by atoms with van der Waals surface area (Å²) in [4.78, 5) is 4.19. The topological polar surface area (TPSA) is 45.7 Å². The molecule has 0 spiro atoms. The van der Waals surface area contributed by atoms with Gasteiger partial charge in [0, 0.05) is 27.2 Å². The summed E-state index contributed by atoms with van der Waals surface area (Å²) in [5, 5.41) is 6.43. The molecule has 25 heavy (non-hydrogen) atoms. The number of halogens is 2. The number of nitrogens with one attached hydrogen (secondary N) is 2. The molecule has 0 amide bonds. The number of nitrogens with zero attached hydrogens (tertiary/aromatic N) is 1. The summed E-state index contributed by atoms with van der Waals surface area (Å²) in [6.45, 7) is 1.20. The summed E-state index contributed by atoms with van der Waals surface area (Å²) in [6.07, 6.45) is 0.538. The minimum atomic E-state index is -0.175. The van der Waals surface area contributed by atoms with Gasteiger partial charge in [0.2, 0.25) is 0 Å². The molecular formula is C19H25FIN3O. The van der Waals surface area contributed by atoms with Crippen LogP contribution in [0.3, 0.4) is 0 Å². The second-order valence-corrected chi connectivity index (χ2v) is 5.36. The fraction of sp³-hybridized carbons (Fsp3) is 0.316. The Balaban J connectivity index is 0.00000312. The third kappa shape index (κ3) is 6.99. The van der Waals surface area contributed by atoms with Gasteiger partial charge >= 0.3 is 0 Å². The lowest BCUT2D eigenvalue weighted by Gasteiger charge is -2.18. The fourth-order valence-electron chi connectivity index (χ4n) is 2.43. The monoisotopic (exact) mass is 457 g/mol. The molecule has 6 heteroatoms. The van der Waals surface area contributed by atoms with Gasteiger partial charge in [-0.05, 0) is 23.6 Å². The number of hydrogen-bond acceptors (Lipinski definition) is 2. The third-order valence-corrected chi connectivity index (χ3v) is 3.78. The normalized spacial score (nSPS) is 12.2. The molecule has 0 fully saturated rings. The van der Waals surface area contributed by atoms with Crippen LogP contribution in [0.2, 0.25) is 0 Å². The van der Waals surface area contributed by atoms with Crippen LogP contribution >= 0.6 is 24.0 Å². The summed E-state index contributed by atoms with van der Waals surface area (Å²) in [7, 11) is 3.40. The molecule has 4 nitrogen and oxygen atoms in total. The smallest absolute Gasteiger partial charge is 0.191 e. The first kappa shape index (κ1) is 21.4. The zero-order valence-corrected chi connectivity index (χ0v) is 16.9. The Hall–Kier alpha value is -1.67. The zero-order chi connectivity index (χ0) is 17.2. The van der Waals surface area contributed by atoms with Crippen molar-refractivity contribution in [3.05, 3.63) is 71.5 Å². The molecule has 1 unspecified atom stereocenters. The summed E-state index contributed by atoms with van der Waals surface area (Å²) in [5.41, 5.74) is 1.80. The summed E-state index contributed by atoms with van der Waals surface area (Å²) < 4.78 is 19.1. The summed E-state index contributed by atoms with van der Waals surface area (Å²) in [5.74, 6) is 0.495. The van der Waals surface area contributed by atoms with E-state index < -0.39 is 0 Å². The van der Waals surface area contributed by atoms with E-state index in [0.717, 1.165) is 5.56 Å². The van der Waals surface area contributed by atoms with Gasteiger partial charge in [0.05, 0.1) is 6.10 Å². The largest absolute Gasteiger partial charge is 0.375 e. The molecule has 136 valence electrons. The van der Waals surface area contributed by atoms with E-state index in [-0.39, 0.29) is 35.9 Å². The highest BCUT2D eigenvalue weighted by atomic mass is 127. The van der Waals surface area contributed by atoms with Gasteiger partial charge in [0.1, 0.15) is 5.82 Å². The molecule has 0 bridgehead atoms. The van der Waals surface area contributed by atoms with Crippen LogP contribution in [-0.2, 0) is 11.2 Å². The quantitative estimate of drug-likeness (QED) is 0.380. The molecule has 0 aliphatic carbocycles. The lowest BCUT2D eigenvalue weighted by Crippen LogP contribution is -2.40. The van der Waals surface area contributed by atoms with Crippen molar-refractivity contribution in [3.63, 3.8) is 0 Å². The average molecular weight is 457 g/mol. The Morgan fingerprint density at radius 1 is 1.08 bits per heavy atom. The molecule has 0 saturated carbocycles. The maximum atomic E-state index is 13.6. The Kier molecular flexibility index (Phi) is 10.1. The lowest BCUT2D eigenvalue weighted by molar-refractivity contribution is 0.106.